The van der Waals surface area contributed by atoms with Gasteiger partial charge in [-0.15, -0.1) is 0 Å². The summed E-state index contributed by atoms with van der Waals surface area (Å²) in [5.74, 6) is 2.04. The summed E-state index contributed by atoms with van der Waals surface area (Å²) in [4.78, 5) is 9.03. The molecule has 5 nitrogen and oxygen atoms in total. The third kappa shape index (κ3) is 4.12. The van der Waals surface area contributed by atoms with Gasteiger partial charge >= 0.3 is 0 Å². The average Bonchev–Trinajstić information content (AvgIpc) is 2.92. The number of aryl methyl sites for hydroxylation is 2. The van der Waals surface area contributed by atoms with E-state index in [0.717, 1.165) is 49.7 Å². The Bertz CT molecular complexity index is 565. The van der Waals surface area contributed by atoms with Crippen LogP contribution in [0, 0.1) is 6.92 Å². The van der Waals surface area contributed by atoms with E-state index in [2.05, 4.69) is 39.8 Å². The largest absolute Gasteiger partial charge is 0.383 e. The minimum atomic E-state index is 0.722. The minimum Gasteiger partial charge on any atom is -0.383 e. The monoisotopic (exact) mass is 288 g/mol. The Kier molecular flexibility index (Phi) is 5.90. The maximum atomic E-state index is 5.02. The normalized spacial score (nSPS) is 11.0. The second-order valence-corrected chi connectivity index (χ2v) is 5.12. The van der Waals surface area contributed by atoms with E-state index in [1.807, 2.05) is 18.6 Å². The topological polar surface area (TPSA) is 52.0 Å². The number of nitrogens with zero attached hydrogens (tertiary/aromatic N) is 3. The predicted molar refractivity (Wildman–Crippen MR) is 83.7 cm³/mol. The molecule has 1 N–H and O–H groups in total. The Morgan fingerprint density at radius 3 is 2.90 bits per heavy atom. The van der Waals surface area contributed by atoms with Crippen molar-refractivity contribution in [2.45, 2.75) is 33.2 Å². The van der Waals surface area contributed by atoms with Crippen LogP contribution in [0.5, 0.6) is 0 Å². The van der Waals surface area contributed by atoms with Crippen LogP contribution < -0.4 is 5.32 Å². The van der Waals surface area contributed by atoms with Crippen LogP contribution in [0.3, 0.4) is 0 Å². The summed E-state index contributed by atoms with van der Waals surface area (Å²) in [6.07, 6.45) is 7.80. The summed E-state index contributed by atoms with van der Waals surface area (Å²) in [6, 6.07) is 2.18. The first-order valence-electron chi connectivity index (χ1n) is 7.44. The Labute approximate surface area is 126 Å². The van der Waals surface area contributed by atoms with E-state index in [1.165, 1.54) is 5.56 Å². The van der Waals surface area contributed by atoms with Crippen LogP contribution in [0.1, 0.15) is 30.3 Å². The molecule has 0 aliphatic carbocycles. The van der Waals surface area contributed by atoms with Crippen molar-refractivity contribution in [3.63, 3.8) is 0 Å². The standard InChI is InChI=1S/C16H24N4O/c1-4-5-15-18-6-8-20(15)16-13(2)10-14(12-19-16)11-17-7-9-21-3/h6,8,10,12,17H,4-5,7,9,11H2,1-3H3. The zero-order valence-corrected chi connectivity index (χ0v) is 13.1. The van der Waals surface area contributed by atoms with Gasteiger partial charge in [0.2, 0.25) is 0 Å². The number of hydrogen-bond acceptors (Lipinski definition) is 4. The SMILES string of the molecule is CCCc1nccn1-c1ncc(CNCCOC)cc1C. The molecule has 0 aliphatic rings. The first-order chi connectivity index (χ1) is 10.3. The van der Waals surface area contributed by atoms with Crippen LogP contribution in [-0.2, 0) is 17.7 Å². The van der Waals surface area contributed by atoms with Crippen LogP contribution >= 0.6 is 0 Å². The van der Waals surface area contributed by atoms with E-state index in [-0.39, 0.29) is 0 Å². The number of nitrogens with one attached hydrogen (secondary N) is 1. The van der Waals surface area contributed by atoms with E-state index in [1.54, 1.807) is 7.11 Å². The van der Waals surface area contributed by atoms with Crippen LogP contribution in [0.2, 0.25) is 0 Å². The lowest BCUT2D eigenvalue weighted by atomic mass is 10.2. The maximum absolute atomic E-state index is 5.02. The Balaban J connectivity index is 2.10. The van der Waals surface area contributed by atoms with Gasteiger partial charge in [0.15, 0.2) is 0 Å². The maximum Gasteiger partial charge on any atom is 0.140 e. The molecule has 2 rings (SSSR count). The lowest BCUT2D eigenvalue weighted by Crippen LogP contribution is -2.19. The molecular weight excluding hydrogens is 264 g/mol. The fourth-order valence-corrected chi connectivity index (χ4v) is 2.32. The van der Waals surface area contributed by atoms with Crippen LogP contribution in [0.4, 0.5) is 0 Å². The van der Waals surface area contributed by atoms with Gasteiger partial charge in [0.05, 0.1) is 6.61 Å². The highest BCUT2D eigenvalue weighted by Crippen LogP contribution is 2.15. The third-order valence-electron chi connectivity index (χ3n) is 3.34. The molecule has 0 aliphatic heterocycles. The number of rotatable bonds is 8. The summed E-state index contributed by atoms with van der Waals surface area (Å²) in [5, 5.41) is 3.33. The molecule has 2 heterocycles. The first kappa shape index (κ1) is 15.7. The molecular formula is C16H24N4O. The number of ether oxygens (including phenoxy) is 1. The summed E-state index contributed by atoms with van der Waals surface area (Å²) >= 11 is 0. The molecule has 2 aromatic rings. The molecule has 0 amide bonds. The van der Waals surface area contributed by atoms with Crippen molar-refractivity contribution in [1.82, 2.24) is 19.9 Å². The fourth-order valence-electron chi connectivity index (χ4n) is 2.32. The van der Waals surface area contributed by atoms with Crippen molar-refractivity contribution in [2.24, 2.45) is 0 Å². The van der Waals surface area contributed by atoms with Crippen LogP contribution in [0.15, 0.2) is 24.7 Å². The van der Waals surface area contributed by atoms with Crippen LogP contribution in [-0.4, -0.2) is 34.8 Å². The van der Waals surface area contributed by atoms with Gasteiger partial charge in [0, 0.05) is 45.2 Å². The lowest BCUT2D eigenvalue weighted by molar-refractivity contribution is 0.199. The van der Waals surface area contributed by atoms with E-state index < -0.39 is 0 Å². The molecule has 114 valence electrons. The average molecular weight is 288 g/mol. The molecule has 0 saturated heterocycles. The molecule has 0 spiro atoms. The second kappa shape index (κ2) is 7.90. The highest BCUT2D eigenvalue weighted by Gasteiger charge is 2.08. The molecule has 21 heavy (non-hydrogen) atoms. The van der Waals surface area contributed by atoms with E-state index in [9.17, 15) is 0 Å². The number of imidazole rings is 1. The Morgan fingerprint density at radius 2 is 2.19 bits per heavy atom. The molecule has 0 saturated carbocycles. The zero-order valence-electron chi connectivity index (χ0n) is 13.1. The summed E-state index contributed by atoms with van der Waals surface area (Å²) in [6.45, 7) is 6.63. The molecule has 0 fully saturated rings. The fraction of sp³-hybridized carbons (Fsp3) is 0.500. The van der Waals surface area contributed by atoms with Crippen molar-refractivity contribution in [3.8, 4) is 5.82 Å². The molecule has 0 aromatic carbocycles. The number of pyridine rings is 1. The first-order valence-corrected chi connectivity index (χ1v) is 7.44. The van der Waals surface area contributed by atoms with Gasteiger partial charge in [-0.2, -0.15) is 0 Å². The molecule has 2 aromatic heterocycles. The highest BCUT2D eigenvalue weighted by molar-refractivity contribution is 5.36. The Hall–Kier alpha value is -1.72. The molecule has 5 heteroatoms. The molecule has 0 radical (unpaired) electrons. The highest BCUT2D eigenvalue weighted by atomic mass is 16.5. The van der Waals surface area contributed by atoms with Crippen molar-refractivity contribution in [1.29, 1.82) is 0 Å². The number of aromatic nitrogens is 3. The molecule has 0 atom stereocenters. The van der Waals surface area contributed by atoms with Crippen molar-refractivity contribution >= 4 is 0 Å². The van der Waals surface area contributed by atoms with Gasteiger partial charge < -0.3 is 10.1 Å². The van der Waals surface area contributed by atoms with Crippen molar-refractivity contribution < 1.29 is 4.74 Å². The smallest absolute Gasteiger partial charge is 0.140 e. The van der Waals surface area contributed by atoms with Crippen LogP contribution in [0.25, 0.3) is 5.82 Å². The van der Waals surface area contributed by atoms with Gasteiger partial charge in [-0.05, 0) is 30.5 Å². The number of hydrogen-bond donors (Lipinski definition) is 1. The predicted octanol–water partition coefficient (Wildman–Crippen LogP) is 2.26. The second-order valence-electron chi connectivity index (χ2n) is 5.12. The van der Waals surface area contributed by atoms with E-state index in [4.69, 9.17) is 4.74 Å². The molecule has 0 unspecified atom stereocenters. The quantitative estimate of drug-likeness (QED) is 0.757. The van der Waals surface area contributed by atoms with Gasteiger partial charge in [-0.1, -0.05) is 6.92 Å². The van der Waals surface area contributed by atoms with Gasteiger partial charge in [-0.25, -0.2) is 9.97 Å². The van der Waals surface area contributed by atoms with Crippen molar-refractivity contribution in [2.75, 3.05) is 20.3 Å². The third-order valence-corrected chi connectivity index (χ3v) is 3.34. The zero-order chi connectivity index (χ0) is 15.1. The van der Waals surface area contributed by atoms with E-state index in [0.29, 0.717) is 0 Å². The van der Waals surface area contributed by atoms with Gasteiger partial charge in [-0.3, -0.25) is 4.57 Å². The van der Waals surface area contributed by atoms with E-state index >= 15 is 0 Å². The lowest BCUT2D eigenvalue weighted by Gasteiger charge is -2.11. The molecule has 0 bridgehead atoms. The summed E-state index contributed by atoms with van der Waals surface area (Å²) in [5.41, 5.74) is 2.35. The van der Waals surface area contributed by atoms with Crippen molar-refractivity contribution in [3.05, 3.63) is 41.6 Å². The Morgan fingerprint density at radius 1 is 1.33 bits per heavy atom. The van der Waals surface area contributed by atoms with Gasteiger partial charge in [0.1, 0.15) is 11.6 Å². The summed E-state index contributed by atoms with van der Waals surface area (Å²) < 4.78 is 7.10. The summed E-state index contributed by atoms with van der Waals surface area (Å²) in [7, 11) is 1.71. The minimum absolute atomic E-state index is 0.722. The number of methoxy groups -OCH3 is 1. The van der Waals surface area contributed by atoms with Gasteiger partial charge in [0.25, 0.3) is 0 Å².